The Labute approximate surface area is 140 Å². The highest BCUT2D eigenvalue weighted by atomic mass is 79.9. The molecule has 3 heterocycles. The molecule has 0 unspecified atom stereocenters. The van der Waals surface area contributed by atoms with Crippen LogP contribution in [0.25, 0.3) is 5.57 Å². The molecule has 0 spiro atoms. The smallest absolute Gasteiger partial charge is 0.231 e. The van der Waals surface area contributed by atoms with Crippen molar-refractivity contribution < 1.29 is 13.9 Å². The molecule has 1 aliphatic heterocycles. The minimum atomic E-state index is -0.953. The third-order valence-electron chi connectivity index (χ3n) is 3.91. The maximum atomic E-state index is 13.3. The summed E-state index contributed by atoms with van der Waals surface area (Å²) in [5.74, 6) is -0.612. The first-order valence-corrected chi connectivity index (χ1v) is 7.58. The van der Waals surface area contributed by atoms with Crippen LogP contribution in [0.2, 0.25) is 0 Å². The fraction of sp³-hybridized carbons (Fsp3) is 0.188. The van der Waals surface area contributed by atoms with Crippen LogP contribution in [0, 0.1) is 5.95 Å². The zero-order valence-electron chi connectivity index (χ0n) is 12.3. The second-order valence-electron chi connectivity index (χ2n) is 5.48. The highest BCUT2D eigenvalue weighted by Gasteiger charge is 2.43. The first-order chi connectivity index (χ1) is 10.8. The van der Waals surface area contributed by atoms with Crippen LogP contribution in [0.1, 0.15) is 23.9 Å². The number of primary amides is 1. The molecule has 118 valence electrons. The van der Waals surface area contributed by atoms with E-state index in [-0.39, 0.29) is 6.61 Å². The molecule has 5 nitrogen and oxygen atoms in total. The number of carbonyl (C=O) groups excluding carboxylic acids is 1. The van der Waals surface area contributed by atoms with Gasteiger partial charge in [-0.2, -0.15) is 4.39 Å². The second-order valence-corrected chi connectivity index (χ2v) is 6.24. The number of rotatable bonds is 3. The van der Waals surface area contributed by atoms with Crippen molar-refractivity contribution in [2.24, 2.45) is 5.73 Å². The molecule has 1 aliphatic rings. The summed E-state index contributed by atoms with van der Waals surface area (Å²) in [4.78, 5) is 20.0. The predicted octanol–water partition coefficient (Wildman–Crippen LogP) is 2.58. The number of nitrogens with zero attached hydrogens (tertiary/aromatic N) is 2. The van der Waals surface area contributed by atoms with E-state index in [0.717, 1.165) is 0 Å². The van der Waals surface area contributed by atoms with Gasteiger partial charge in [-0.05, 0) is 41.1 Å². The quantitative estimate of drug-likeness (QED) is 0.833. The summed E-state index contributed by atoms with van der Waals surface area (Å²) in [6.45, 7) is 5.78. The van der Waals surface area contributed by atoms with Crippen LogP contribution in [-0.2, 0) is 10.2 Å². The molecular weight excluding hydrogens is 365 g/mol. The van der Waals surface area contributed by atoms with Gasteiger partial charge >= 0.3 is 0 Å². The van der Waals surface area contributed by atoms with Crippen LogP contribution in [-0.4, -0.2) is 22.5 Å². The van der Waals surface area contributed by atoms with Crippen LogP contribution in [0.5, 0.6) is 5.75 Å². The van der Waals surface area contributed by atoms with E-state index in [4.69, 9.17) is 10.5 Å². The number of carbonyl (C=O) groups is 1. The molecule has 0 saturated heterocycles. The number of nitrogens with two attached hydrogens (primary N) is 1. The lowest BCUT2D eigenvalue weighted by Gasteiger charge is -2.18. The fourth-order valence-electron chi connectivity index (χ4n) is 2.41. The Morgan fingerprint density at radius 2 is 2.17 bits per heavy atom. The fourth-order valence-corrected chi connectivity index (χ4v) is 2.93. The lowest BCUT2D eigenvalue weighted by atomic mass is 9.83. The van der Waals surface area contributed by atoms with Gasteiger partial charge in [-0.3, -0.25) is 4.79 Å². The van der Waals surface area contributed by atoms with Crippen LogP contribution >= 0.6 is 15.9 Å². The lowest BCUT2D eigenvalue weighted by Crippen LogP contribution is -2.39. The first kappa shape index (κ1) is 15.6. The topological polar surface area (TPSA) is 78.1 Å². The zero-order chi connectivity index (χ0) is 16.8. The van der Waals surface area contributed by atoms with Gasteiger partial charge in [-0.1, -0.05) is 12.6 Å². The van der Waals surface area contributed by atoms with Crippen molar-refractivity contribution in [1.82, 2.24) is 9.97 Å². The van der Waals surface area contributed by atoms with Crippen molar-refractivity contribution in [3.8, 4) is 5.75 Å². The Morgan fingerprint density at radius 3 is 2.83 bits per heavy atom. The van der Waals surface area contributed by atoms with Crippen molar-refractivity contribution in [3.05, 3.63) is 58.3 Å². The number of hydrogen-bond acceptors (Lipinski definition) is 4. The van der Waals surface area contributed by atoms with Crippen LogP contribution < -0.4 is 10.5 Å². The minimum absolute atomic E-state index is 0.145. The van der Waals surface area contributed by atoms with Gasteiger partial charge < -0.3 is 10.5 Å². The average Bonchev–Trinajstić information content (AvgIpc) is 2.86. The summed E-state index contributed by atoms with van der Waals surface area (Å²) in [6, 6.07) is 6.12. The maximum absolute atomic E-state index is 13.3. The van der Waals surface area contributed by atoms with Gasteiger partial charge in [0.2, 0.25) is 11.9 Å². The summed E-state index contributed by atoms with van der Waals surface area (Å²) in [6.07, 6.45) is 0. The van der Waals surface area contributed by atoms with Gasteiger partial charge in [-0.25, -0.2) is 9.97 Å². The molecular formula is C16H13BrFN3O2. The van der Waals surface area contributed by atoms with Crippen molar-refractivity contribution >= 4 is 27.4 Å². The highest BCUT2D eigenvalue weighted by Crippen LogP contribution is 2.43. The van der Waals surface area contributed by atoms with E-state index in [1.807, 2.05) is 0 Å². The van der Waals surface area contributed by atoms with Gasteiger partial charge in [-0.15, -0.1) is 0 Å². The van der Waals surface area contributed by atoms with E-state index in [9.17, 15) is 9.18 Å². The predicted molar refractivity (Wildman–Crippen MR) is 86.3 cm³/mol. The molecule has 0 bridgehead atoms. The molecule has 0 radical (unpaired) electrons. The Bertz CT molecular complexity index is 840. The molecule has 0 aromatic carbocycles. The van der Waals surface area contributed by atoms with Gasteiger partial charge in [0.25, 0.3) is 0 Å². The Morgan fingerprint density at radius 1 is 1.43 bits per heavy atom. The third kappa shape index (κ3) is 2.50. The van der Waals surface area contributed by atoms with Crippen LogP contribution in [0.3, 0.4) is 0 Å². The monoisotopic (exact) mass is 377 g/mol. The lowest BCUT2D eigenvalue weighted by molar-refractivity contribution is -0.123. The Balaban J connectivity index is 2.11. The molecule has 2 aromatic heterocycles. The Kier molecular flexibility index (Phi) is 3.68. The second kappa shape index (κ2) is 5.42. The SMILES string of the molecule is C=C(c1cccc(F)n1)c1cc2c(c(Br)n1)OC[C@]2(C)C(N)=O. The van der Waals surface area contributed by atoms with Crippen molar-refractivity contribution in [3.63, 3.8) is 0 Å². The molecule has 0 saturated carbocycles. The zero-order valence-corrected chi connectivity index (χ0v) is 13.9. The summed E-state index contributed by atoms with van der Waals surface area (Å²) in [5.41, 5.74) is 6.45. The van der Waals surface area contributed by atoms with E-state index in [2.05, 4.69) is 32.5 Å². The molecule has 2 aromatic rings. The standard InChI is InChI=1S/C16H13BrFN3O2/c1-8(10-4-3-5-12(18)20-10)11-6-9-13(14(17)21-11)23-7-16(9,2)15(19)22/h3-6H,1,7H2,2H3,(H2,19,22)/t16-/m0/s1. The van der Waals surface area contributed by atoms with E-state index in [1.165, 1.54) is 6.07 Å². The third-order valence-corrected chi connectivity index (χ3v) is 4.45. The number of pyridine rings is 2. The normalized spacial score (nSPS) is 19.1. The van der Waals surface area contributed by atoms with Gasteiger partial charge in [0.15, 0.2) is 5.75 Å². The van der Waals surface area contributed by atoms with Crippen LogP contribution in [0.15, 0.2) is 35.4 Å². The van der Waals surface area contributed by atoms with Gasteiger partial charge in [0.1, 0.15) is 16.6 Å². The van der Waals surface area contributed by atoms with E-state index in [0.29, 0.717) is 32.9 Å². The van der Waals surface area contributed by atoms with Gasteiger partial charge in [0.05, 0.1) is 11.4 Å². The van der Waals surface area contributed by atoms with Crippen LogP contribution in [0.4, 0.5) is 4.39 Å². The van der Waals surface area contributed by atoms with Crippen molar-refractivity contribution in [1.29, 1.82) is 0 Å². The number of aromatic nitrogens is 2. The molecule has 0 fully saturated rings. The highest BCUT2D eigenvalue weighted by molar-refractivity contribution is 9.10. The average molecular weight is 378 g/mol. The molecule has 23 heavy (non-hydrogen) atoms. The maximum Gasteiger partial charge on any atom is 0.231 e. The number of hydrogen-bond donors (Lipinski definition) is 1. The molecule has 1 atom stereocenters. The summed E-state index contributed by atoms with van der Waals surface area (Å²) < 4.78 is 19.3. The number of halogens is 2. The molecule has 2 N–H and O–H groups in total. The molecule has 3 rings (SSSR count). The minimum Gasteiger partial charge on any atom is -0.489 e. The largest absolute Gasteiger partial charge is 0.489 e. The summed E-state index contributed by atoms with van der Waals surface area (Å²) in [7, 11) is 0. The first-order valence-electron chi connectivity index (χ1n) is 6.79. The summed E-state index contributed by atoms with van der Waals surface area (Å²) >= 11 is 3.33. The van der Waals surface area contributed by atoms with Crippen molar-refractivity contribution in [2.75, 3.05) is 6.61 Å². The van der Waals surface area contributed by atoms with Gasteiger partial charge in [0, 0.05) is 11.1 Å². The van der Waals surface area contributed by atoms with E-state index in [1.54, 1.807) is 25.1 Å². The van der Waals surface area contributed by atoms with E-state index < -0.39 is 17.3 Å². The summed E-state index contributed by atoms with van der Waals surface area (Å²) in [5, 5.41) is 0. The Hall–Kier alpha value is -2.28. The molecule has 0 aliphatic carbocycles. The van der Waals surface area contributed by atoms with E-state index >= 15 is 0 Å². The number of amides is 1. The molecule has 7 heteroatoms. The number of ether oxygens (including phenoxy) is 1. The molecule has 1 amide bonds. The van der Waals surface area contributed by atoms with Crippen molar-refractivity contribution in [2.45, 2.75) is 12.3 Å². The number of fused-ring (bicyclic) bond motifs is 1.